The van der Waals surface area contributed by atoms with Gasteiger partial charge >= 0.3 is 0 Å². The van der Waals surface area contributed by atoms with Crippen molar-refractivity contribution in [3.63, 3.8) is 0 Å². The quantitative estimate of drug-likeness (QED) is 0.575. The molecule has 5 heteroatoms. The minimum absolute atomic E-state index is 0.550. The van der Waals surface area contributed by atoms with Crippen LogP contribution in [0, 0.1) is 0 Å². The normalized spacial score (nSPS) is 10.4. The van der Waals surface area contributed by atoms with Crippen molar-refractivity contribution in [3.8, 4) is 0 Å². The number of rotatable bonds is 3. The molecular formula is C9H9ClN2O2. The van der Waals surface area contributed by atoms with Crippen molar-refractivity contribution in [3.05, 3.63) is 34.9 Å². The number of hydrogen-bond donors (Lipinski definition) is 2. The Morgan fingerprint density at radius 1 is 1.57 bits per heavy atom. The van der Waals surface area contributed by atoms with E-state index < -0.39 is 12.5 Å². The zero-order valence-electron chi connectivity index (χ0n) is 7.27. The van der Waals surface area contributed by atoms with E-state index >= 15 is 0 Å². The SMILES string of the molecule is O=C(CO)NN=Cc1ccccc1Cl. The van der Waals surface area contributed by atoms with Crippen LogP contribution in [0.4, 0.5) is 0 Å². The molecule has 0 aromatic heterocycles. The lowest BCUT2D eigenvalue weighted by Crippen LogP contribution is -2.20. The Kier molecular flexibility index (Phi) is 4.10. The zero-order valence-corrected chi connectivity index (χ0v) is 8.03. The third-order valence-corrected chi connectivity index (χ3v) is 1.79. The van der Waals surface area contributed by atoms with Gasteiger partial charge in [0.25, 0.3) is 5.91 Å². The van der Waals surface area contributed by atoms with Gasteiger partial charge in [-0.3, -0.25) is 4.79 Å². The molecule has 1 aromatic carbocycles. The average Bonchev–Trinajstić information content (AvgIpc) is 2.20. The molecule has 0 atom stereocenters. The molecule has 0 spiro atoms. The molecule has 0 unspecified atom stereocenters. The lowest BCUT2D eigenvalue weighted by molar-refractivity contribution is -0.123. The minimum Gasteiger partial charge on any atom is -0.386 e. The van der Waals surface area contributed by atoms with Crippen LogP contribution in [0.3, 0.4) is 0 Å². The van der Waals surface area contributed by atoms with E-state index in [1.165, 1.54) is 6.21 Å². The third kappa shape index (κ3) is 3.16. The summed E-state index contributed by atoms with van der Waals surface area (Å²) in [5.74, 6) is -0.562. The molecule has 0 heterocycles. The van der Waals surface area contributed by atoms with E-state index in [4.69, 9.17) is 16.7 Å². The number of nitrogens with zero attached hydrogens (tertiary/aromatic N) is 1. The number of amides is 1. The molecule has 0 aliphatic rings. The second-order valence-corrected chi connectivity index (χ2v) is 2.88. The number of benzene rings is 1. The van der Waals surface area contributed by atoms with Gasteiger partial charge < -0.3 is 5.11 Å². The second-order valence-electron chi connectivity index (χ2n) is 2.47. The maximum absolute atomic E-state index is 10.6. The summed E-state index contributed by atoms with van der Waals surface area (Å²) in [5, 5.41) is 12.5. The molecule has 1 rings (SSSR count). The maximum Gasteiger partial charge on any atom is 0.265 e. The molecule has 0 saturated heterocycles. The molecule has 4 nitrogen and oxygen atoms in total. The minimum atomic E-state index is -0.583. The van der Waals surface area contributed by atoms with Crippen molar-refractivity contribution in [2.75, 3.05) is 6.61 Å². The summed E-state index contributed by atoms with van der Waals surface area (Å²) in [6.45, 7) is -0.583. The predicted octanol–water partition coefficient (Wildman–Crippen LogP) is 0.782. The molecule has 14 heavy (non-hydrogen) atoms. The van der Waals surface area contributed by atoms with Crippen LogP contribution in [0.15, 0.2) is 29.4 Å². The molecule has 2 N–H and O–H groups in total. The molecule has 1 aromatic rings. The number of aliphatic hydroxyl groups is 1. The number of halogens is 1. The molecular weight excluding hydrogens is 204 g/mol. The van der Waals surface area contributed by atoms with Crippen LogP contribution in [0.1, 0.15) is 5.56 Å². The summed E-state index contributed by atoms with van der Waals surface area (Å²) in [7, 11) is 0. The van der Waals surface area contributed by atoms with E-state index in [0.29, 0.717) is 10.6 Å². The number of hydrogen-bond acceptors (Lipinski definition) is 3. The second kappa shape index (κ2) is 5.36. The van der Waals surface area contributed by atoms with E-state index in [2.05, 4.69) is 10.5 Å². The van der Waals surface area contributed by atoms with Gasteiger partial charge in [-0.05, 0) is 6.07 Å². The van der Waals surface area contributed by atoms with Crippen molar-refractivity contribution in [1.29, 1.82) is 0 Å². The standard InChI is InChI=1S/C9H9ClN2O2/c10-8-4-2-1-3-7(8)5-11-12-9(14)6-13/h1-5,13H,6H2,(H,12,14). The fraction of sp³-hybridized carbons (Fsp3) is 0.111. The Labute approximate surface area is 86.2 Å². The van der Waals surface area contributed by atoms with Gasteiger partial charge in [-0.15, -0.1) is 0 Å². The topological polar surface area (TPSA) is 61.7 Å². The monoisotopic (exact) mass is 212 g/mol. The van der Waals surface area contributed by atoms with Crippen molar-refractivity contribution in [2.24, 2.45) is 5.10 Å². The zero-order chi connectivity index (χ0) is 10.4. The van der Waals surface area contributed by atoms with Crippen LogP contribution in [0.2, 0.25) is 5.02 Å². The van der Waals surface area contributed by atoms with E-state index in [1.807, 2.05) is 0 Å². The molecule has 0 aliphatic carbocycles. The maximum atomic E-state index is 10.6. The predicted molar refractivity (Wildman–Crippen MR) is 54.3 cm³/mol. The molecule has 0 fully saturated rings. The first-order valence-electron chi connectivity index (χ1n) is 3.91. The molecule has 0 saturated carbocycles. The number of carbonyl (C=O) groups is 1. The number of aliphatic hydroxyl groups excluding tert-OH is 1. The van der Waals surface area contributed by atoms with Crippen LogP contribution in [-0.2, 0) is 4.79 Å². The highest BCUT2D eigenvalue weighted by molar-refractivity contribution is 6.33. The van der Waals surface area contributed by atoms with Crippen molar-refractivity contribution >= 4 is 23.7 Å². The molecule has 0 aliphatic heterocycles. The number of nitrogens with one attached hydrogen (secondary N) is 1. The first-order chi connectivity index (χ1) is 6.74. The lowest BCUT2D eigenvalue weighted by atomic mass is 10.2. The van der Waals surface area contributed by atoms with Crippen LogP contribution in [0.25, 0.3) is 0 Å². The Balaban J connectivity index is 2.60. The van der Waals surface area contributed by atoms with Gasteiger partial charge in [-0.2, -0.15) is 5.10 Å². The highest BCUT2D eigenvalue weighted by Gasteiger charge is 1.95. The van der Waals surface area contributed by atoms with Crippen LogP contribution < -0.4 is 5.43 Å². The lowest BCUT2D eigenvalue weighted by Gasteiger charge is -1.96. The summed E-state index contributed by atoms with van der Waals surface area (Å²) < 4.78 is 0. The average molecular weight is 213 g/mol. The van der Waals surface area contributed by atoms with Crippen LogP contribution >= 0.6 is 11.6 Å². The number of hydrazone groups is 1. The van der Waals surface area contributed by atoms with Gasteiger partial charge in [-0.1, -0.05) is 29.8 Å². The fourth-order valence-corrected chi connectivity index (χ4v) is 0.973. The highest BCUT2D eigenvalue weighted by Crippen LogP contribution is 2.11. The van der Waals surface area contributed by atoms with Gasteiger partial charge in [0.1, 0.15) is 6.61 Å². The van der Waals surface area contributed by atoms with Crippen molar-refractivity contribution in [2.45, 2.75) is 0 Å². The first-order valence-corrected chi connectivity index (χ1v) is 4.29. The summed E-state index contributed by atoms with van der Waals surface area (Å²) in [4.78, 5) is 10.6. The molecule has 0 bridgehead atoms. The van der Waals surface area contributed by atoms with E-state index in [0.717, 1.165) is 0 Å². The third-order valence-electron chi connectivity index (χ3n) is 1.44. The summed E-state index contributed by atoms with van der Waals surface area (Å²) in [6, 6.07) is 7.08. The van der Waals surface area contributed by atoms with Crippen LogP contribution in [0.5, 0.6) is 0 Å². The number of carbonyl (C=O) groups excluding carboxylic acids is 1. The van der Waals surface area contributed by atoms with Gasteiger partial charge in [0.05, 0.1) is 6.21 Å². The van der Waals surface area contributed by atoms with Gasteiger partial charge in [-0.25, -0.2) is 5.43 Å². The van der Waals surface area contributed by atoms with Gasteiger partial charge in [0.2, 0.25) is 0 Å². The molecule has 74 valence electrons. The van der Waals surface area contributed by atoms with E-state index in [9.17, 15) is 4.79 Å². The highest BCUT2D eigenvalue weighted by atomic mass is 35.5. The fourth-order valence-electron chi connectivity index (χ4n) is 0.789. The van der Waals surface area contributed by atoms with E-state index in [1.54, 1.807) is 24.3 Å². The van der Waals surface area contributed by atoms with Gasteiger partial charge in [0, 0.05) is 10.6 Å². The smallest absolute Gasteiger partial charge is 0.265 e. The van der Waals surface area contributed by atoms with E-state index in [-0.39, 0.29) is 0 Å². The summed E-state index contributed by atoms with van der Waals surface area (Å²) in [5.41, 5.74) is 2.83. The Hall–Kier alpha value is -1.39. The summed E-state index contributed by atoms with van der Waals surface area (Å²) in [6.07, 6.45) is 1.41. The van der Waals surface area contributed by atoms with Crippen molar-refractivity contribution < 1.29 is 9.90 Å². The Morgan fingerprint density at radius 2 is 2.29 bits per heavy atom. The van der Waals surface area contributed by atoms with Gasteiger partial charge in [0.15, 0.2) is 0 Å². The Morgan fingerprint density at radius 3 is 2.93 bits per heavy atom. The molecule has 1 amide bonds. The largest absolute Gasteiger partial charge is 0.386 e. The van der Waals surface area contributed by atoms with Crippen LogP contribution in [-0.4, -0.2) is 23.8 Å². The Bertz CT molecular complexity index is 352. The van der Waals surface area contributed by atoms with Crippen molar-refractivity contribution in [1.82, 2.24) is 5.43 Å². The first kappa shape index (κ1) is 10.7. The molecule has 0 radical (unpaired) electrons. The summed E-state index contributed by atoms with van der Waals surface area (Å²) >= 11 is 5.82.